The van der Waals surface area contributed by atoms with Gasteiger partial charge in [-0.1, -0.05) is 0 Å². The Morgan fingerprint density at radius 3 is 2.46 bits per heavy atom. The van der Waals surface area contributed by atoms with E-state index in [4.69, 9.17) is 4.42 Å². The lowest BCUT2D eigenvalue weighted by molar-refractivity contribution is 0.0640. The number of carbonyl (C=O) groups is 2. The molecule has 0 radical (unpaired) electrons. The van der Waals surface area contributed by atoms with Gasteiger partial charge in [0, 0.05) is 31.9 Å². The quantitative estimate of drug-likeness (QED) is 0.920. The van der Waals surface area contributed by atoms with E-state index < -0.39 is 0 Å². The van der Waals surface area contributed by atoms with Crippen molar-refractivity contribution in [2.45, 2.75) is 6.92 Å². The molecule has 1 aliphatic heterocycles. The van der Waals surface area contributed by atoms with E-state index in [1.807, 2.05) is 0 Å². The monoisotopic (exact) mass is 331 g/mol. The fourth-order valence-corrected chi connectivity index (χ4v) is 2.59. The highest BCUT2D eigenvalue weighted by Crippen LogP contribution is 2.15. The summed E-state index contributed by atoms with van der Waals surface area (Å²) in [6.45, 7) is 3.38. The molecule has 0 bridgehead atoms. The highest BCUT2D eigenvalue weighted by atomic mass is 19.1. The number of carbonyl (C=O) groups excluding carboxylic acids is 2. The van der Waals surface area contributed by atoms with Crippen LogP contribution in [-0.4, -0.2) is 47.9 Å². The van der Waals surface area contributed by atoms with Crippen LogP contribution < -0.4 is 5.32 Å². The van der Waals surface area contributed by atoms with Crippen LogP contribution in [0.2, 0.25) is 0 Å². The fourth-order valence-electron chi connectivity index (χ4n) is 2.59. The molecule has 0 saturated carbocycles. The van der Waals surface area contributed by atoms with E-state index in [9.17, 15) is 14.0 Å². The molecule has 126 valence electrons. The Kier molecular flexibility index (Phi) is 4.50. The fraction of sp³-hybridized carbons (Fsp3) is 0.294. The lowest BCUT2D eigenvalue weighted by Gasteiger charge is -2.34. The predicted molar refractivity (Wildman–Crippen MR) is 86.3 cm³/mol. The molecule has 1 aliphatic rings. The molecule has 1 N–H and O–H groups in total. The molecule has 3 amide bonds. The van der Waals surface area contributed by atoms with Crippen molar-refractivity contribution in [1.82, 2.24) is 9.80 Å². The van der Waals surface area contributed by atoms with E-state index >= 15 is 0 Å². The normalized spacial score (nSPS) is 14.6. The van der Waals surface area contributed by atoms with Crippen molar-refractivity contribution in [3.05, 3.63) is 53.7 Å². The molecule has 7 heteroatoms. The van der Waals surface area contributed by atoms with E-state index in [1.165, 1.54) is 18.4 Å². The van der Waals surface area contributed by atoms with E-state index in [2.05, 4.69) is 5.32 Å². The number of rotatable bonds is 2. The molecule has 1 aromatic heterocycles. The molecule has 0 atom stereocenters. The number of nitrogens with zero attached hydrogens (tertiary/aromatic N) is 2. The molecule has 0 spiro atoms. The van der Waals surface area contributed by atoms with Crippen molar-refractivity contribution in [3.63, 3.8) is 0 Å². The van der Waals surface area contributed by atoms with Gasteiger partial charge in [0.05, 0.1) is 6.26 Å². The second kappa shape index (κ2) is 6.74. The molecule has 3 rings (SSSR count). The maximum absolute atomic E-state index is 13.3. The zero-order chi connectivity index (χ0) is 17.1. The van der Waals surface area contributed by atoms with Crippen LogP contribution in [0.4, 0.5) is 14.9 Å². The van der Waals surface area contributed by atoms with E-state index in [0.717, 1.165) is 0 Å². The summed E-state index contributed by atoms with van der Waals surface area (Å²) in [5.74, 6) is -0.179. The van der Waals surface area contributed by atoms with E-state index in [-0.39, 0.29) is 17.8 Å². The smallest absolute Gasteiger partial charge is 0.321 e. The number of furan rings is 1. The van der Waals surface area contributed by atoms with Crippen molar-refractivity contribution in [2.75, 3.05) is 31.5 Å². The largest absolute Gasteiger partial charge is 0.459 e. The van der Waals surface area contributed by atoms with Crippen LogP contribution in [0.1, 0.15) is 16.1 Å². The maximum Gasteiger partial charge on any atom is 0.321 e. The van der Waals surface area contributed by atoms with Crippen LogP contribution in [0.5, 0.6) is 0 Å². The number of piperazine rings is 1. The van der Waals surface area contributed by atoms with Gasteiger partial charge in [-0.15, -0.1) is 0 Å². The Bertz CT molecular complexity index is 738. The van der Waals surface area contributed by atoms with Gasteiger partial charge in [-0.2, -0.15) is 0 Å². The minimum absolute atomic E-state index is 0.172. The summed E-state index contributed by atoms with van der Waals surface area (Å²) in [6.07, 6.45) is 1.46. The molecule has 1 fully saturated rings. The van der Waals surface area contributed by atoms with Gasteiger partial charge < -0.3 is 19.5 Å². The molecule has 0 unspecified atom stereocenters. The lowest BCUT2D eigenvalue weighted by atomic mass is 10.2. The van der Waals surface area contributed by atoms with Crippen molar-refractivity contribution in [1.29, 1.82) is 0 Å². The Morgan fingerprint density at radius 2 is 1.83 bits per heavy atom. The summed E-state index contributed by atoms with van der Waals surface area (Å²) in [5.41, 5.74) is 1.02. The first-order valence-corrected chi connectivity index (χ1v) is 7.69. The molecule has 0 aliphatic carbocycles. The average Bonchev–Trinajstić information content (AvgIpc) is 3.12. The Labute approximate surface area is 138 Å². The number of aryl methyl sites for hydroxylation is 1. The van der Waals surface area contributed by atoms with Crippen molar-refractivity contribution < 1.29 is 18.4 Å². The zero-order valence-electron chi connectivity index (χ0n) is 13.3. The van der Waals surface area contributed by atoms with Gasteiger partial charge in [0.15, 0.2) is 5.76 Å². The molecule has 1 aromatic carbocycles. The number of amides is 3. The van der Waals surface area contributed by atoms with Crippen LogP contribution in [-0.2, 0) is 0 Å². The molecule has 6 nitrogen and oxygen atoms in total. The summed E-state index contributed by atoms with van der Waals surface area (Å²) in [5, 5.41) is 2.75. The van der Waals surface area contributed by atoms with Gasteiger partial charge in [0.1, 0.15) is 5.82 Å². The van der Waals surface area contributed by atoms with Crippen LogP contribution in [0.25, 0.3) is 0 Å². The third kappa shape index (κ3) is 3.40. The van der Waals surface area contributed by atoms with Gasteiger partial charge in [-0.3, -0.25) is 4.79 Å². The Morgan fingerprint density at radius 1 is 1.12 bits per heavy atom. The SMILES string of the molecule is Cc1cc(NC(=O)N2CCN(C(=O)c3ccco3)CC2)ccc1F. The first kappa shape index (κ1) is 16.0. The Balaban J connectivity index is 1.55. The van der Waals surface area contributed by atoms with Gasteiger partial charge in [-0.25, -0.2) is 9.18 Å². The molecular formula is C17H18FN3O3. The third-order valence-corrected chi connectivity index (χ3v) is 4.00. The minimum atomic E-state index is -0.307. The number of benzene rings is 1. The highest BCUT2D eigenvalue weighted by molar-refractivity contribution is 5.92. The Hall–Kier alpha value is -2.83. The van der Waals surface area contributed by atoms with Gasteiger partial charge in [0.25, 0.3) is 5.91 Å². The summed E-state index contributed by atoms with van der Waals surface area (Å²) in [4.78, 5) is 27.7. The second-order valence-corrected chi connectivity index (χ2v) is 5.65. The molecule has 1 saturated heterocycles. The summed E-state index contributed by atoms with van der Waals surface area (Å²) >= 11 is 0. The van der Waals surface area contributed by atoms with Crippen molar-refractivity contribution in [3.8, 4) is 0 Å². The first-order chi connectivity index (χ1) is 11.5. The summed E-state index contributed by atoms with van der Waals surface area (Å²) < 4.78 is 18.4. The van der Waals surface area contributed by atoms with Crippen LogP contribution in [0.3, 0.4) is 0 Å². The number of halogens is 1. The topological polar surface area (TPSA) is 65.8 Å². The first-order valence-electron chi connectivity index (χ1n) is 7.69. The predicted octanol–water partition coefficient (Wildman–Crippen LogP) is 2.72. The van der Waals surface area contributed by atoms with Gasteiger partial charge in [0.2, 0.25) is 0 Å². The summed E-state index contributed by atoms with van der Waals surface area (Å²) in [6, 6.07) is 7.47. The molecule has 2 heterocycles. The molecular weight excluding hydrogens is 313 g/mol. The maximum atomic E-state index is 13.3. The zero-order valence-corrected chi connectivity index (χ0v) is 13.3. The molecule has 2 aromatic rings. The van der Waals surface area contributed by atoms with Crippen LogP contribution in [0.15, 0.2) is 41.0 Å². The van der Waals surface area contributed by atoms with Crippen molar-refractivity contribution >= 4 is 17.6 Å². The minimum Gasteiger partial charge on any atom is -0.459 e. The number of hydrogen-bond acceptors (Lipinski definition) is 3. The number of anilines is 1. The van der Waals surface area contributed by atoms with Gasteiger partial charge in [-0.05, 0) is 42.8 Å². The number of hydrogen-bond donors (Lipinski definition) is 1. The highest BCUT2D eigenvalue weighted by Gasteiger charge is 2.26. The standard InChI is InChI=1S/C17H18FN3O3/c1-12-11-13(4-5-14(12)18)19-17(23)21-8-6-20(7-9-21)16(22)15-3-2-10-24-15/h2-5,10-11H,6-9H2,1H3,(H,19,23). The summed E-state index contributed by atoms with van der Waals surface area (Å²) in [7, 11) is 0. The van der Waals surface area contributed by atoms with Crippen molar-refractivity contribution in [2.24, 2.45) is 0 Å². The second-order valence-electron chi connectivity index (χ2n) is 5.65. The molecule has 24 heavy (non-hydrogen) atoms. The van der Waals surface area contributed by atoms with E-state index in [1.54, 1.807) is 34.9 Å². The average molecular weight is 331 g/mol. The van der Waals surface area contributed by atoms with E-state index in [0.29, 0.717) is 43.2 Å². The van der Waals surface area contributed by atoms with Crippen LogP contribution in [0, 0.1) is 12.7 Å². The number of nitrogens with one attached hydrogen (secondary N) is 1. The van der Waals surface area contributed by atoms with Crippen LogP contribution >= 0.6 is 0 Å². The number of urea groups is 1. The third-order valence-electron chi connectivity index (χ3n) is 4.00. The van der Waals surface area contributed by atoms with Gasteiger partial charge >= 0.3 is 6.03 Å². The lowest BCUT2D eigenvalue weighted by Crippen LogP contribution is -2.51.